The molecule has 152 valence electrons. The van der Waals surface area contributed by atoms with Gasteiger partial charge >= 0.3 is 12.3 Å². The number of allylic oxidation sites excluding steroid dienone is 2. The van der Waals surface area contributed by atoms with E-state index >= 15 is 0 Å². The topological polar surface area (TPSA) is 12.4 Å². The maximum absolute atomic E-state index is 13.2. The summed E-state index contributed by atoms with van der Waals surface area (Å²) in [5, 5.41) is 0. The van der Waals surface area contributed by atoms with Crippen LogP contribution >= 0.6 is 11.8 Å². The summed E-state index contributed by atoms with van der Waals surface area (Å²) in [6.45, 7) is 5.23. The first-order chi connectivity index (χ1) is 12.6. The molecule has 27 heavy (non-hydrogen) atoms. The van der Waals surface area contributed by atoms with Gasteiger partial charge in [0.1, 0.15) is 0 Å². The summed E-state index contributed by atoms with van der Waals surface area (Å²) in [6.07, 6.45) is -2.27. The fraction of sp³-hybridized carbons (Fsp3) is 0.526. The van der Waals surface area contributed by atoms with Crippen molar-refractivity contribution in [2.24, 2.45) is 4.99 Å². The van der Waals surface area contributed by atoms with Crippen LogP contribution in [-0.2, 0) is 6.54 Å². The molecule has 0 N–H and O–H groups in total. The SMILES string of the molecule is CC=CCCC(=NCc1cc(SCC(F)(F)C(F)F)c(C)cc1C)C(F)F. The van der Waals surface area contributed by atoms with Crippen LogP contribution in [0.5, 0.6) is 0 Å². The zero-order chi connectivity index (χ0) is 20.6. The van der Waals surface area contributed by atoms with Gasteiger partial charge in [-0.15, -0.1) is 11.8 Å². The molecule has 0 spiro atoms. The van der Waals surface area contributed by atoms with Gasteiger partial charge in [0.05, 0.1) is 18.0 Å². The zero-order valence-electron chi connectivity index (χ0n) is 15.4. The lowest BCUT2D eigenvalue weighted by Crippen LogP contribution is -2.29. The lowest BCUT2D eigenvalue weighted by molar-refractivity contribution is -0.109. The van der Waals surface area contributed by atoms with E-state index in [4.69, 9.17) is 0 Å². The molecule has 8 heteroatoms. The van der Waals surface area contributed by atoms with Gasteiger partial charge in [0.2, 0.25) is 0 Å². The molecule has 1 aromatic carbocycles. The minimum atomic E-state index is -4.09. The Kier molecular flexibility index (Phi) is 9.42. The highest BCUT2D eigenvalue weighted by molar-refractivity contribution is 7.99. The Hall–Kier alpha value is -1.44. The Morgan fingerprint density at radius 1 is 1.15 bits per heavy atom. The van der Waals surface area contributed by atoms with Crippen molar-refractivity contribution in [1.29, 1.82) is 0 Å². The molecule has 0 heterocycles. The summed E-state index contributed by atoms with van der Waals surface area (Å²) < 4.78 is 77.1. The minimum absolute atomic E-state index is 0.0135. The van der Waals surface area contributed by atoms with Crippen molar-refractivity contribution < 1.29 is 26.3 Å². The second-order valence-corrected chi connectivity index (χ2v) is 7.13. The fourth-order valence-corrected chi connectivity index (χ4v) is 3.27. The van der Waals surface area contributed by atoms with Gasteiger partial charge < -0.3 is 0 Å². The lowest BCUT2D eigenvalue weighted by Gasteiger charge is -2.16. The van der Waals surface area contributed by atoms with E-state index in [2.05, 4.69) is 4.99 Å². The number of alkyl halides is 6. The Labute approximate surface area is 159 Å². The zero-order valence-corrected chi connectivity index (χ0v) is 16.2. The number of nitrogens with zero attached hydrogens (tertiary/aromatic N) is 1. The highest BCUT2D eigenvalue weighted by Crippen LogP contribution is 2.33. The third kappa shape index (κ3) is 7.60. The van der Waals surface area contributed by atoms with E-state index in [1.54, 1.807) is 45.1 Å². The van der Waals surface area contributed by atoms with Crippen LogP contribution < -0.4 is 0 Å². The van der Waals surface area contributed by atoms with Crippen LogP contribution in [0, 0.1) is 13.8 Å². The van der Waals surface area contributed by atoms with E-state index in [9.17, 15) is 26.3 Å². The van der Waals surface area contributed by atoms with Gasteiger partial charge in [-0.1, -0.05) is 18.2 Å². The largest absolute Gasteiger partial charge is 0.316 e. The monoisotopic (exact) mass is 411 g/mol. The number of aryl methyl sites for hydroxylation is 2. The van der Waals surface area contributed by atoms with E-state index in [1.807, 2.05) is 0 Å². The molecule has 0 aromatic heterocycles. The van der Waals surface area contributed by atoms with Gasteiger partial charge in [-0.05, 0) is 56.4 Å². The van der Waals surface area contributed by atoms with Crippen LogP contribution in [0.1, 0.15) is 36.5 Å². The first-order valence-electron chi connectivity index (χ1n) is 8.40. The Morgan fingerprint density at radius 3 is 2.37 bits per heavy atom. The van der Waals surface area contributed by atoms with E-state index in [0.29, 0.717) is 34.2 Å². The minimum Gasteiger partial charge on any atom is -0.283 e. The molecule has 0 radical (unpaired) electrons. The van der Waals surface area contributed by atoms with E-state index in [0.717, 1.165) is 5.56 Å². The molecule has 0 aliphatic rings. The fourth-order valence-electron chi connectivity index (χ4n) is 2.28. The third-order valence-corrected chi connectivity index (χ3v) is 5.16. The van der Waals surface area contributed by atoms with Crippen LogP contribution in [0.15, 0.2) is 34.2 Å². The van der Waals surface area contributed by atoms with Gasteiger partial charge in [-0.3, -0.25) is 4.99 Å². The Bertz CT molecular complexity index is 670. The predicted molar refractivity (Wildman–Crippen MR) is 98.8 cm³/mol. The number of benzene rings is 1. The van der Waals surface area contributed by atoms with Crippen LogP contribution in [0.2, 0.25) is 0 Å². The molecule has 1 rings (SSSR count). The first kappa shape index (κ1) is 23.6. The predicted octanol–water partition coefficient (Wildman–Crippen LogP) is 6.86. The number of rotatable bonds is 10. The first-order valence-corrected chi connectivity index (χ1v) is 9.38. The molecule has 0 saturated carbocycles. The van der Waals surface area contributed by atoms with Crippen molar-refractivity contribution in [3.8, 4) is 0 Å². The third-order valence-electron chi connectivity index (χ3n) is 3.88. The second-order valence-electron chi connectivity index (χ2n) is 6.11. The molecule has 0 aliphatic heterocycles. The summed E-state index contributed by atoms with van der Waals surface area (Å²) in [6, 6.07) is 3.28. The number of halogens is 6. The van der Waals surface area contributed by atoms with Gasteiger partial charge in [-0.25, -0.2) is 17.6 Å². The molecule has 0 fully saturated rings. The van der Waals surface area contributed by atoms with Crippen LogP contribution in [0.4, 0.5) is 26.3 Å². The molecule has 0 saturated heterocycles. The lowest BCUT2D eigenvalue weighted by atomic mass is 10.1. The molecule has 0 bridgehead atoms. The molecular formula is C19H23F6NS. The van der Waals surface area contributed by atoms with Gasteiger partial charge in [-0.2, -0.15) is 8.78 Å². The highest BCUT2D eigenvalue weighted by Gasteiger charge is 2.40. The molecule has 0 unspecified atom stereocenters. The van der Waals surface area contributed by atoms with E-state index in [1.165, 1.54) is 0 Å². The molecule has 1 nitrogen and oxygen atoms in total. The summed E-state index contributed by atoms with van der Waals surface area (Å²) in [4.78, 5) is 4.40. The summed E-state index contributed by atoms with van der Waals surface area (Å²) in [5.41, 5.74) is 1.83. The van der Waals surface area contributed by atoms with E-state index < -0.39 is 24.5 Å². The normalized spacial score (nSPS) is 13.4. The summed E-state index contributed by atoms with van der Waals surface area (Å²) in [7, 11) is 0. The van der Waals surface area contributed by atoms with Crippen molar-refractivity contribution in [3.05, 3.63) is 41.0 Å². The smallest absolute Gasteiger partial charge is 0.283 e. The Balaban J connectivity index is 2.96. The van der Waals surface area contributed by atoms with E-state index in [-0.39, 0.29) is 18.7 Å². The van der Waals surface area contributed by atoms with Crippen molar-refractivity contribution in [2.45, 2.75) is 63.8 Å². The average Bonchev–Trinajstić information content (AvgIpc) is 2.57. The standard InChI is InChI=1S/C19H23F6NS/c1-4-5-6-7-15(17(20)21)26-10-14-9-16(13(3)8-12(14)2)27-11-19(24,25)18(22)23/h4-5,8-9,17-18H,6-7,10-11H2,1-3H3. The molecular weight excluding hydrogens is 388 g/mol. The van der Waals surface area contributed by atoms with Crippen molar-refractivity contribution in [1.82, 2.24) is 0 Å². The average molecular weight is 411 g/mol. The number of thioether (sulfide) groups is 1. The van der Waals surface area contributed by atoms with Gasteiger partial charge in [0, 0.05) is 4.90 Å². The van der Waals surface area contributed by atoms with Crippen LogP contribution in [-0.4, -0.2) is 30.2 Å². The number of hydrogen-bond donors (Lipinski definition) is 0. The second kappa shape index (κ2) is 10.8. The van der Waals surface area contributed by atoms with Crippen LogP contribution in [0.25, 0.3) is 0 Å². The molecule has 1 aromatic rings. The number of aliphatic imine (C=N–C) groups is 1. The molecule has 0 amide bonds. The quantitative estimate of drug-likeness (QED) is 0.177. The maximum atomic E-state index is 13.2. The maximum Gasteiger partial charge on any atom is 0.316 e. The van der Waals surface area contributed by atoms with Gasteiger partial charge in [0.25, 0.3) is 6.43 Å². The summed E-state index contributed by atoms with van der Waals surface area (Å²) >= 11 is 0.627. The van der Waals surface area contributed by atoms with Crippen molar-refractivity contribution >= 4 is 17.5 Å². The highest BCUT2D eigenvalue weighted by atomic mass is 32.2. The number of hydrogen-bond acceptors (Lipinski definition) is 2. The van der Waals surface area contributed by atoms with Crippen LogP contribution in [0.3, 0.4) is 0 Å². The molecule has 0 atom stereocenters. The van der Waals surface area contributed by atoms with Crippen molar-refractivity contribution in [2.75, 3.05) is 5.75 Å². The summed E-state index contributed by atoms with van der Waals surface area (Å²) in [5.74, 6) is -5.14. The Morgan fingerprint density at radius 2 is 1.81 bits per heavy atom. The van der Waals surface area contributed by atoms with Crippen molar-refractivity contribution in [3.63, 3.8) is 0 Å². The van der Waals surface area contributed by atoms with Gasteiger partial charge in [0.15, 0.2) is 0 Å². The molecule has 0 aliphatic carbocycles.